The molecule has 9 heteroatoms. The summed E-state index contributed by atoms with van der Waals surface area (Å²) in [6.45, 7) is 8.20. The number of halogens is 1. The summed E-state index contributed by atoms with van der Waals surface area (Å²) in [5.74, 6) is -0.173. The number of nitrogens with one attached hydrogen (secondary N) is 2. The van der Waals surface area contributed by atoms with Crippen LogP contribution in [0.1, 0.15) is 44.0 Å². The Morgan fingerprint density at radius 3 is 2.61 bits per heavy atom. The number of carbonyl (C=O) groups is 2. The van der Waals surface area contributed by atoms with Gasteiger partial charge >= 0.3 is 5.97 Å². The van der Waals surface area contributed by atoms with E-state index in [1.807, 2.05) is 20.8 Å². The van der Waals surface area contributed by atoms with E-state index in [4.69, 9.17) is 22.1 Å². The van der Waals surface area contributed by atoms with Gasteiger partial charge in [0.2, 0.25) is 0 Å². The van der Waals surface area contributed by atoms with Crippen LogP contribution in [0.25, 0.3) is 0 Å². The summed E-state index contributed by atoms with van der Waals surface area (Å²) >= 11 is 5.88. The number of rotatable bonds is 7. The van der Waals surface area contributed by atoms with Crippen LogP contribution < -0.4 is 16.6 Å². The monoisotopic (exact) mass is 412 g/mol. The van der Waals surface area contributed by atoms with Gasteiger partial charge < -0.3 is 20.8 Å². The molecule has 0 spiro atoms. The Balaban J connectivity index is 1.89. The molecule has 1 saturated heterocycles. The fourth-order valence-electron chi connectivity index (χ4n) is 3.53. The zero-order valence-corrected chi connectivity index (χ0v) is 17.3. The molecule has 1 amide bonds. The van der Waals surface area contributed by atoms with Crippen LogP contribution in [0.2, 0.25) is 5.02 Å². The number of carbonyl (C=O) groups excluding carboxylic acids is 2. The third-order valence-corrected chi connectivity index (χ3v) is 5.33. The summed E-state index contributed by atoms with van der Waals surface area (Å²) in [6.07, 6.45) is 1.70. The number of H-pyrrole nitrogens is 1. The number of anilines is 1. The van der Waals surface area contributed by atoms with Crippen molar-refractivity contribution >= 4 is 29.3 Å². The van der Waals surface area contributed by atoms with Crippen molar-refractivity contribution in [2.75, 3.05) is 32.0 Å². The highest BCUT2D eigenvalue weighted by Gasteiger charge is 2.33. The zero-order valence-electron chi connectivity index (χ0n) is 16.6. The predicted octanol–water partition coefficient (Wildman–Crippen LogP) is 1.64. The number of likely N-dealkylation sites (tertiary alicyclic amines) is 1. The van der Waals surface area contributed by atoms with Gasteiger partial charge in [-0.05, 0) is 50.8 Å². The number of hydrogen-bond donors (Lipinski definition) is 3. The van der Waals surface area contributed by atoms with Gasteiger partial charge in [0.25, 0.3) is 11.5 Å². The van der Waals surface area contributed by atoms with Crippen LogP contribution in [0.3, 0.4) is 0 Å². The molecular weight excluding hydrogens is 384 g/mol. The third kappa shape index (κ3) is 5.48. The van der Waals surface area contributed by atoms with Gasteiger partial charge in [-0.3, -0.25) is 19.3 Å². The van der Waals surface area contributed by atoms with Crippen molar-refractivity contribution < 1.29 is 14.3 Å². The smallest absolute Gasteiger partial charge is 0.323 e. The number of nitrogens with zero attached hydrogens (tertiary/aromatic N) is 1. The standard InChI is InChI=1S/C19H29ClN4O4/c1-4-28-19(27)15(11(2)3)24-7-5-12(6-8-24)10-22-17(25)13-9-14(20)16(21)23-18(13)26/h9,11-12,15H,4-8,10H2,1-3H3,(H,22,25)(H3,21,23,26). The van der Waals surface area contributed by atoms with Gasteiger partial charge in [0.1, 0.15) is 17.4 Å². The molecule has 0 aliphatic carbocycles. The van der Waals surface area contributed by atoms with Crippen LogP contribution in [0.4, 0.5) is 5.82 Å². The summed E-state index contributed by atoms with van der Waals surface area (Å²) in [6, 6.07) is 1.03. The zero-order chi connectivity index (χ0) is 20.8. The second-order valence-corrected chi connectivity index (χ2v) is 7.81. The lowest BCUT2D eigenvalue weighted by molar-refractivity contribution is -0.152. The number of aromatic nitrogens is 1. The number of pyridine rings is 1. The summed E-state index contributed by atoms with van der Waals surface area (Å²) in [5.41, 5.74) is 4.90. The maximum Gasteiger partial charge on any atom is 0.323 e. The van der Waals surface area contributed by atoms with Crippen molar-refractivity contribution in [1.82, 2.24) is 15.2 Å². The Kier molecular flexibility index (Phi) is 7.88. The van der Waals surface area contributed by atoms with E-state index in [0.717, 1.165) is 25.9 Å². The molecule has 2 heterocycles. The van der Waals surface area contributed by atoms with Crippen molar-refractivity contribution in [3.8, 4) is 0 Å². The first-order chi connectivity index (χ1) is 13.2. The first-order valence-electron chi connectivity index (χ1n) is 9.61. The van der Waals surface area contributed by atoms with Crippen molar-refractivity contribution in [2.45, 2.75) is 39.7 Å². The van der Waals surface area contributed by atoms with E-state index in [0.29, 0.717) is 13.2 Å². The normalized spacial score (nSPS) is 16.8. The van der Waals surface area contributed by atoms with Crippen molar-refractivity contribution in [3.63, 3.8) is 0 Å². The molecular formula is C19H29ClN4O4. The molecule has 0 bridgehead atoms. The van der Waals surface area contributed by atoms with E-state index >= 15 is 0 Å². The molecule has 28 heavy (non-hydrogen) atoms. The lowest BCUT2D eigenvalue weighted by Crippen LogP contribution is -2.50. The summed E-state index contributed by atoms with van der Waals surface area (Å²) in [7, 11) is 0. The molecule has 8 nitrogen and oxygen atoms in total. The third-order valence-electron chi connectivity index (χ3n) is 5.02. The minimum atomic E-state index is -0.566. The molecule has 0 radical (unpaired) electrons. The van der Waals surface area contributed by atoms with E-state index in [9.17, 15) is 14.4 Å². The lowest BCUT2D eigenvalue weighted by atomic mass is 9.93. The fourth-order valence-corrected chi connectivity index (χ4v) is 3.68. The summed E-state index contributed by atoms with van der Waals surface area (Å²) < 4.78 is 5.21. The largest absolute Gasteiger partial charge is 0.465 e. The van der Waals surface area contributed by atoms with Gasteiger partial charge in [-0.2, -0.15) is 0 Å². The Bertz CT molecular complexity index is 757. The molecule has 1 aromatic rings. The quantitative estimate of drug-likeness (QED) is 0.586. The predicted molar refractivity (Wildman–Crippen MR) is 108 cm³/mol. The van der Waals surface area contributed by atoms with Gasteiger partial charge in [-0.1, -0.05) is 25.4 Å². The van der Waals surface area contributed by atoms with Crippen molar-refractivity contribution in [1.29, 1.82) is 0 Å². The number of nitrogen functional groups attached to an aromatic ring is 1. The number of hydrogen-bond acceptors (Lipinski definition) is 6. The maximum atomic E-state index is 12.3. The Hall–Kier alpha value is -2.06. The average molecular weight is 413 g/mol. The van der Waals surface area contributed by atoms with E-state index in [1.165, 1.54) is 6.07 Å². The highest BCUT2D eigenvalue weighted by molar-refractivity contribution is 6.33. The summed E-state index contributed by atoms with van der Waals surface area (Å²) in [5, 5.41) is 2.93. The fraction of sp³-hybridized carbons (Fsp3) is 0.632. The second-order valence-electron chi connectivity index (χ2n) is 7.40. The van der Waals surface area contributed by atoms with E-state index in [1.54, 1.807) is 0 Å². The molecule has 1 fully saturated rings. The molecule has 0 saturated carbocycles. The number of amides is 1. The highest BCUT2D eigenvalue weighted by Crippen LogP contribution is 2.22. The molecule has 1 atom stereocenters. The van der Waals surface area contributed by atoms with E-state index < -0.39 is 11.5 Å². The molecule has 156 valence electrons. The Morgan fingerprint density at radius 2 is 2.04 bits per heavy atom. The second kappa shape index (κ2) is 9.93. The first-order valence-corrected chi connectivity index (χ1v) is 9.99. The number of ether oxygens (including phenoxy) is 1. The van der Waals surface area contributed by atoms with Crippen LogP contribution >= 0.6 is 11.6 Å². The Labute approximate surface area is 169 Å². The van der Waals surface area contributed by atoms with E-state index in [-0.39, 0.29) is 40.3 Å². The Morgan fingerprint density at radius 1 is 1.39 bits per heavy atom. The SMILES string of the molecule is CCOC(=O)C(C(C)C)N1CCC(CNC(=O)c2cc(Cl)c(N)[nH]c2=O)CC1. The van der Waals surface area contributed by atoms with Gasteiger partial charge in [0.15, 0.2) is 0 Å². The molecule has 1 unspecified atom stereocenters. The number of aromatic amines is 1. The van der Waals surface area contributed by atoms with Gasteiger partial charge in [0, 0.05) is 6.54 Å². The number of esters is 1. The maximum absolute atomic E-state index is 12.3. The lowest BCUT2D eigenvalue weighted by Gasteiger charge is -2.38. The minimum Gasteiger partial charge on any atom is -0.465 e. The van der Waals surface area contributed by atoms with Gasteiger partial charge in [-0.15, -0.1) is 0 Å². The van der Waals surface area contributed by atoms with Crippen molar-refractivity contribution in [3.05, 3.63) is 27.0 Å². The van der Waals surface area contributed by atoms with Gasteiger partial charge in [0.05, 0.1) is 11.6 Å². The minimum absolute atomic E-state index is 0.0388. The van der Waals surface area contributed by atoms with E-state index in [2.05, 4.69) is 15.2 Å². The average Bonchev–Trinajstić information content (AvgIpc) is 2.64. The molecule has 1 aromatic heterocycles. The first kappa shape index (κ1) is 22.2. The number of piperidine rings is 1. The topological polar surface area (TPSA) is 118 Å². The van der Waals surface area contributed by atoms with Crippen LogP contribution in [0.15, 0.2) is 10.9 Å². The van der Waals surface area contributed by atoms with Crippen LogP contribution in [-0.2, 0) is 9.53 Å². The van der Waals surface area contributed by atoms with Crippen molar-refractivity contribution in [2.24, 2.45) is 11.8 Å². The molecule has 2 rings (SSSR count). The molecule has 0 aromatic carbocycles. The number of nitrogens with two attached hydrogens (primary N) is 1. The van der Waals surface area contributed by atoms with Crippen LogP contribution in [0, 0.1) is 11.8 Å². The molecule has 1 aliphatic heterocycles. The van der Waals surface area contributed by atoms with Crippen LogP contribution in [0.5, 0.6) is 0 Å². The molecule has 1 aliphatic rings. The molecule has 4 N–H and O–H groups in total. The highest BCUT2D eigenvalue weighted by atomic mass is 35.5. The summed E-state index contributed by atoms with van der Waals surface area (Å²) in [4.78, 5) is 40.9. The van der Waals surface area contributed by atoms with Gasteiger partial charge in [-0.25, -0.2) is 0 Å². The van der Waals surface area contributed by atoms with Crippen LogP contribution in [-0.4, -0.2) is 54.0 Å².